The smallest absolute Gasteiger partial charge is 0.175 e. The third kappa shape index (κ3) is 3.23. The van der Waals surface area contributed by atoms with E-state index in [1.54, 1.807) is 18.2 Å². The molecule has 1 aromatic carbocycles. The topological polar surface area (TPSA) is 43.4 Å². The molecule has 0 bridgehead atoms. The van der Waals surface area contributed by atoms with E-state index < -0.39 is 9.84 Å². The van der Waals surface area contributed by atoms with Gasteiger partial charge in [-0.25, -0.2) is 8.42 Å². The Kier molecular flexibility index (Phi) is 3.83. The Labute approximate surface area is 89.4 Å². The van der Waals surface area contributed by atoms with Crippen molar-refractivity contribution in [1.82, 2.24) is 0 Å². The van der Waals surface area contributed by atoms with Crippen LogP contribution in [0.1, 0.15) is 0 Å². The zero-order valence-corrected chi connectivity index (χ0v) is 9.51. The van der Waals surface area contributed by atoms with E-state index in [2.05, 4.69) is 12.6 Å². The lowest BCUT2D eigenvalue weighted by Crippen LogP contribution is -2.00. The molecule has 0 radical (unpaired) electrons. The first-order chi connectivity index (χ1) is 6.54. The van der Waals surface area contributed by atoms with Crippen molar-refractivity contribution in [2.75, 3.05) is 18.6 Å². The Balaban J connectivity index is 2.90. The van der Waals surface area contributed by atoms with E-state index in [9.17, 15) is 8.42 Å². The van der Waals surface area contributed by atoms with Gasteiger partial charge in [0, 0.05) is 12.0 Å². The molecule has 0 aliphatic rings. The lowest BCUT2D eigenvalue weighted by Gasteiger charge is -2.05. The van der Waals surface area contributed by atoms with Crippen molar-refractivity contribution in [1.29, 1.82) is 0 Å². The molecule has 0 unspecified atom stereocenters. The van der Waals surface area contributed by atoms with Gasteiger partial charge in [-0.1, -0.05) is 6.07 Å². The maximum absolute atomic E-state index is 11.2. The Morgan fingerprint density at radius 3 is 2.71 bits per heavy atom. The minimum absolute atomic E-state index is 0.272. The van der Waals surface area contributed by atoms with E-state index in [1.807, 2.05) is 0 Å². The molecule has 5 heteroatoms. The summed E-state index contributed by atoms with van der Waals surface area (Å²) in [5, 5.41) is 0. The highest BCUT2D eigenvalue weighted by Gasteiger charge is 2.07. The van der Waals surface area contributed by atoms with Crippen molar-refractivity contribution in [2.24, 2.45) is 0 Å². The van der Waals surface area contributed by atoms with Gasteiger partial charge in [0.05, 0.1) is 11.5 Å². The van der Waals surface area contributed by atoms with Gasteiger partial charge in [0.15, 0.2) is 9.84 Å². The number of hydrogen-bond donors (Lipinski definition) is 1. The molecule has 0 N–H and O–H groups in total. The van der Waals surface area contributed by atoms with E-state index in [-0.39, 0.29) is 4.90 Å². The van der Waals surface area contributed by atoms with Crippen LogP contribution >= 0.6 is 12.6 Å². The first kappa shape index (κ1) is 11.4. The Bertz CT molecular complexity index is 398. The van der Waals surface area contributed by atoms with E-state index in [4.69, 9.17) is 4.74 Å². The lowest BCUT2D eigenvalue weighted by molar-refractivity contribution is 0.343. The van der Waals surface area contributed by atoms with Gasteiger partial charge in [0.1, 0.15) is 5.75 Å². The molecular formula is C9H12O3S2. The fourth-order valence-electron chi connectivity index (χ4n) is 0.958. The van der Waals surface area contributed by atoms with E-state index in [0.717, 1.165) is 0 Å². The minimum atomic E-state index is -3.15. The number of benzene rings is 1. The van der Waals surface area contributed by atoms with Crippen LogP contribution in [0.5, 0.6) is 5.75 Å². The summed E-state index contributed by atoms with van der Waals surface area (Å²) in [5.74, 6) is 1.16. The first-order valence-electron chi connectivity index (χ1n) is 4.08. The summed E-state index contributed by atoms with van der Waals surface area (Å²) in [6.45, 7) is 0.469. The molecule has 0 heterocycles. The standard InChI is InChI=1S/C9H12O3S2/c1-14(10,11)9-4-2-3-8(7-9)12-5-6-13/h2-4,7,13H,5-6H2,1H3. The van der Waals surface area contributed by atoms with Crippen LogP contribution in [0.15, 0.2) is 29.2 Å². The third-order valence-electron chi connectivity index (χ3n) is 1.59. The second kappa shape index (κ2) is 4.70. The average molecular weight is 232 g/mol. The summed E-state index contributed by atoms with van der Waals surface area (Å²) in [4.78, 5) is 0.272. The maximum Gasteiger partial charge on any atom is 0.175 e. The molecule has 14 heavy (non-hydrogen) atoms. The second-order valence-electron chi connectivity index (χ2n) is 2.82. The van der Waals surface area contributed by atoms with Crippen LogP contribution in [-0.2, 0) is 9.84 Å². The summed E-state index contributed by atoms with van der Waals surface area (Å²) >= 11 is 3.99. The lowest BCUT2D eigenvalue weighted by atomic mass is 10.3. The van der Waals surface area contributed by atoms with Gasteiger partial charge in [-0.15, -0.1) is 0 Å². The summed E-state index contributed by atoms with van der Waals surface area (Å²) in [6.07, 6.45) is 1.17. The maximum atomic E-state index is 11.2. The first-order valence-corrected chi connectivity index (χ1v) is 6.60. The van der Waals surface area contributed by atoms with E-state index >= 15 is 0 Å². The third-order valence-corrected chi connectivity index (χ3v) is 2.89. The summed E-state index contributed by atoms with van der Waals surface area (Å²) < 4.78 is 27.6. The van der Waals surface area contributed by atoms with Crippen molar-refractivity contribution in [3.05, 3.63) is 24.3 Å². The zero-order valence-electron chi connectivity index (χ0n) is 7.80. The Morgan fingerprint density at radius 2 is 2.14 bits per heavy atom. The predicted molar refractivity (Wildman–Crippen MR) is 58.9 cm³/mol. The molecule has 0 aliphatic carbocycles. The molecule has 1 rings (SSSR count). The Hall–Kier alpha value is -0.680. The van der Waals surface area contributed by atoms with Gasteiger partial charge in [0.25, 0.3) is 0 Å². The molecular weight excluding hydrogens is 220 g/mol. The largest absolute Gasteiger partial charge is 0.493 e. The van der Waals surface area contributed by atoms with Gasteiger partial charge in [-0.05, 0) is 18.2 Å². The van der Waals surface area contributed by atoms with Crippen LogP contribution in [0.3, 0.4) is 0 Å². The average Bonchev–Trinajstić information content (AvgIpc) is 2.14. The van der Waals surface area contributed by atoms with Crippen LogP contribution in [0.4, 0.5) is 0 Å². The van der Waals surface area contributed by atoms with Crippen LogP contribution in [0.25, 0.3) is 0 Å². The molecule has 3 nitrogen and oxygen atoms in total. The van der Waals surface area contributed by atoms with E-state index in [0.29, 0.717) is 18.1 Å². The molecule has 0 saturated carbocycles. The summed E-state index contributed by atoms with van der Waals surface area (Å²) in [7, 11) is -3.15. The molecule has 0 spiro atoms. The molecule has 0 atom stereocenters. The van der Waals surface area contributed by atoms with Crippen molar-refractivity contribution in [2.45, 2.75) is 4.90 Å². The number of thiol groups is 1. The monoisotopic (exact) mass is 232 g/mol. The molecule has 78 valence electrons. The SMILES string of the molecule is CS(=O)(=O)c1cccc(OCCS)c1. The van der Waals surface area contributed by atoms with Crippen molar-refractivity contribution in [3.63, 3.8) is 0 Å². The number of sulfone groups is 1. The normalized spacial score (nSPS) is 11.3. The fraction of sp³-hybridized carbons (Fsp3) is 0.333. The molecule has 1 aromatic rings. The van der Waals surface area contributed by atoms with Crippen molar-refractivity contribution >= 4 is 22.5 Å². The quantitative estimate of drug-likeness (QED) is 0.798. The van der Waals surface area contributed by atoms with Crippen LogP contribution < -0.4 is 4.74 Å². The number of ether oxygens (including phenoxy) is 1. The molecule has 0 amide bonds. The van der Waals surface area contributed by atoms with Gasteiger partial charge in [0.2, 0.25) is 0 Å². The van der Waals surface area contributed by atoms with Gasteiger partial charge in [-0.3, -0.25) is 0 Å². The van der Waals surface area contributed by atoms with Gasteiger partial charge < -0.3 is 4.74 Å². The van der Waals surface area contributed by atoms with Crippen LogP contribution in [-0.4, -0.2) is 27.0 Å². The highest BCUT2D eigenvalue weighted by Crippen LogP contribution is 2.17. The van der Waals surface area contributed by atoms with Crippen LogP contribution in [0.2, 0.25) is 0 Å². The van der Waals surface area contributed by atoms with Crippen molar-refractivity contribution in [3.8, 4) is 5.75 Å². The summed E-state index contributed by atoms with van der Waals surface area (Å²) in [6, 6.07) is 6.43. The fourth-order valence-corrected chi connectivity index (χ4v) is 1.71. The minimum Gasteiger partial charge on any atom is -0.493 e. The highest BCUT2D eigenvalue weighted by molar-refractivity contribution is 7.90. The van der Waals surface area contributed by atoms with Gasteiger partial charge in [-0.2, -0.15) is 12.6 Å². The van der Waals surface area contributed by atoms with E-state index in [1.165, 1.54) is 12.3 Å². The molecule has 0 saturated heterocycles. The highest BCUT2D eigenvalue weighted by atomic mass is 32.2. The molecule has 0 aromatic heterocycles. The number of hydrogen-bond acceptors (Lipinski definition) is 4. The molecule has 0 aliphatic heterocycles. The second-order valence-corrected chi connectivity index (χ2v) is 5.28. The van der Waals surface area contributed by atoms with Crippen molar-refractivity contribution < 1.29 is 13.2 Å². The van der Waals surface area contributed by atoms with Crippen LogP contribution in [0, 0.1) is 0 Å². The summed E-state index contributed by atoms with van der Waals surface area (Å²) in [5.41, 5.74) is 0. The Morgan fingerprint density at radius 1 is 1.43 bits per heavy atom. The zero-order chi connectivity index (χ0) is 10.6. The predicted octanol–water partition coefficient (Wildman–Crippen LogP) is 1.40. The molecule has 0 fully saturated rings. The number of rotatable bonds is 4. The van der Waals surface area contributed by atoms with Gasteiger partial charge >= 0.3 is 0 Å².